The Balaban J connectivity index is 1.57. The van der Waals surface area contributed by atoms with Gasteiger partial charge in [0.25, 0.3) is 0 Å². The lowest BCUT2D eigenvalue weighted by Crippen LogP contribution is -2.66. The van der Waals surface area contributed by atoms with E-state index in [1.54, 1.807) is 105 Å². The van der Waals surface area contributed by atoms with Gasteiger partial charge < -0.3 is 118 Å². The van der Waals surface area contributed by atoms with Gasteiger partial charge in [0.15, 0.2) is 0 Å². The van der Waals surface area contributed by atoms with Crippen molar-refractivity contribution in [1.82, 2.24) is 68.8 Å². The number of ether oxygens (including phenoxy) is 1. The number of primary amides is 3. The van der Waals surface area contributed by atoms with Gasteiger partial charge in [0.2, 0.25) is 88.6 Å². The number of aromatic nitrogens is 1. The topological polar surface area (TPSA) is 639 Å². The van der Waals surface area contributed by atoms with E-state index >= 15 is 24.0 Å². The highest BCUT2D eigenvalue weighted by Crippen LogP contribution is 2.26. The van der Waals surface area contributed by atoms with Crippen LogP contribution in [-0.4, -0.2) is 224 Å². The number of H-pyrrole nitrogens is 1. The van der Waals surface area contributed by atoms with E-state index in [0.717, 1.165) is 5.39 Å². The fourth-order valence-corrected chi connectivity index (χ4v) is 13.2. The van der Waals surface area contributed by atoms with E-state index < -0.39 is 214 Å². The molecule has 27 N–H and O–H groups in total. The molecular formula is C80H115N19O19S2. The van der Waals surface area contributed by atoms with Crippen LogP contribution in [-0.2, 0) is 96.0 Å². The van der Waals surface area contributed by atoms with Crippen LogP contribution >= 0.6 is 25.3 Å². The molecule has 120 heavy (non-hydrogen) atoms. The fourth-order valence-electron chi connectivity index (χ4n) is 12.9. The van der Waals surface area contributed by atoms with Crippen molar-refractivity contribution in [2.45, 2.75) is 220 Å². The van der Waals surface area contributed by atoms with E-state index in [0.29, 0.717) is 38.7 Å². The SMILES string of the molecule is CC(=O)N[C@H](C(=O)N[C@@](C)(CCCN)C(=O)N[C@H](C(=O)N[C@@H](Cc1c[nH]c2ccccc12)C(=O)N[C@@H](CCC(N)=O)C(=O)N[C@H](C(=O)N[C@@H](Cc1ccc(OCCN)cc1)C(=O)N[C@@H](Cc1ccc2ccccc2c1)C(=O)N[C@@](C)(CCCCN)C(=O)N[C@@H](CCC(=O)O)C(=O)N[C@@H](CC(N)=O)C(=O)NCC(N)=O)C(C)(C)S)[C@@H](C)O)C(C)(C)S. The zero-order chi connectivity index (χ0) is 89.6. The Morgan fingerprint density at radius 2 is 0.983 bits per heavy atom. The van der Waals surface area contributed by atoms with Crippen molar-refractivity contribution >= 4 is 142 Å². The molecule has 0 aliphatic rings. The van der Waals surface area contributed by atoms with E-state index in [9.17, 15) is 63.0 Å². The number of aromatic amines is 1. The molecule has 5 aromatic rings. The summed E-state index contributed by atoms with van der Waals surface area (Å²) in [5.74, 6) is -16.3. The second-order valence-electron chi connectivity index (χ2n) is 30.9. The van der Waals surface area contributed by atoms with Crippen LogP contribution in [0.1, 0.15) is 136 Å². The van der Waals surface area contributed by atoms with Gasteiger partial charge in [0, 0.05) is 72.2 Å². The maximum Gasteiger partial charge on any atom is 0.303 e. The molecule has 0 fully saturated rings. The summed E-state index contributed by atoms with van der Waals surface area (Å²) in [6.45, 7) is 10.7. The van der Waals surface area contributed by atoms with Crippen molar-refractivity contribution in [1.29, 1.82) is 0 Å². The summed E-state index contributed by atoms with van der Waals surface area (Å²) in [6.07, 6.45) is -4.25. The first-order chi connectivity index (χ1) is 56.3. The van der Waals surface area contributed by atoms with Gasteiger partial charge in [0.05, 0.1) is 19.1 Å². The monoisotopic (exact) mass is 1710 g/mol. The van der Waals surface area contributed by atoms with E-state index in [2.05, 4.69) is 81.4 Å². The zero-order valence-corrected chi connectivity index (χ0v) is 70.2. The second-order valence-corrected chi connectivity index (χ2v) is 33.2. The van der Waals surface area contributed by atoms with Crippen LogP contribution in [0.5, 0.6) is 5.75 Å². The molecule has 0 spiro atoms. The molecule has 0 aliphatic heterocycles. The third kappa shape index (κ3) is 31.4. The Hall–Kier alpha value is -11.5. The van der Waals surface area contributed by atoms with Gasteiger partial charge in [-0.05, 0) is 152 Å². The van der Waals surface area contributed by atoms with Gasteiger partial charge in [-0.2, -0.15) is 25.3 Å². The first kappa shape index (κ1) is 99.1. The molecule has 0 radical (unpaired) electrons. The lowest BCUT2D eigenvalue weighted by Gasteiger charge is -2.36. The Morgan fingerprint density at radius 1 is 0.483 bits per heavy atom. The molecule has 1 heterocycles. The molecule has 0 bridgehead atoms. The van der Waals surface area contributed by atoms with Crippen molar-refractivity contribution in [2.75, 3.05) is 32.8 Å². The normalized spacial score (nSPS) is 15.0. The van der Waals surface area contributed by atoms with E-state index in [4.69, 9.17) is 51.8 Å². The zero-order valence-electron chi connectivity index (χ0n) is 68.4. The predicted octanol–water partition coefficient (Wildman–Crippen LogP) is -2.91. The number of fused-ring (bicyclic) bond motifs is 2. The number of benzene rings is 4. The third-order valence-corrected chi connectivity index (χ3v) is 20.0. The van der Waals surface area contributed by atoms with Crippen LogP contribution in [0.4, 0.5) is 0 Å². The number of amides is 15. The molecule has 0 saturated heterocycles. The fraction of sp³-hybridized carbons (Fsp3) is 0.500. The van der Waals surface area contributed by atoms with Crippen molar-refractivity contribution in [3.8, 4) is 5.75 Å². The lowest BCUT2D eigenvalue weighted by atomic mass is 9.91. The summed E-state index contributed by atoms with van der Waals surface area (Å²) in [7, 11) is 0. The van der Waals surface area contributed by atoms with E-state index in [-0.39, 0.29) is 77.6 Å². The Kier molecular flexibility index (Phi) is 38.2. The average molecular weight is 1710 g/mol. The van der Waals surface area contributed by atoms with Crippen molar-refractivity contribution < 1.29 is 91.7 Å². The minimum Gasteiger partial charge on any atom is -0.492 e. The average Bonchev–Trinajstić information content (AvgIpc) is 1.16. The highest BCUT2D eigenvalue weighted by Gasteiger charge is 2.45. The van der Waals surface area contributed by atoms with Gasteiger partial charge in [0.1, 0.15) is 77.8 Å². The molecule has 38 nitrogen and oxygen atoms in total. The molecule has 1 aromatic heterocycles. The summed E-state index contributed by atoms with van der Waals surface area (Å²) in [5, 5.41) is 53.8. The summed E-state index contributed by atoms with van der Waals surface area (Å²) in [4.78, 5) is 226. The molecule has 0 unspecified atom stereocenters. The maximum atomic E-state index is 15.6. The summed E-state index contributed by atoms with van der Waals surface area (Å²) < 4.78 is 2.92. The number of aliphatic hydroxyl groups excluding tert-OH is 1. The number of rotatable bonds is 51. The van der Waals surface area contributed by atoms with Crippen molar-refractivity contribution in [3.63, 3.8) is 0 Å². The van der Waals surface area contributed by atoms with E-state index in [1.807, 2.05) is 6.07 Å². The summed E-state index contributed by atoms with van der Waals surface area (Å²) in [5.41, 5.74) is 31.7. The minimum absolute atomic E-state index is 0.0431. The highest BCUT2D eigenvalue weighted by atomic mass is 32.1. The summed E-state index contributed by atoms with van der Waals surface area (Å²) >= 11 is 9.25. The van der Waals surface area contributed by atoms with Crippen molar-refractivity contribution in [2.24, 2.45) is 34.4 Å². The number of nitrogens with one attached hydrogen (secondary N) is 13. The largest absolute Gasteiger partial charge is 0.492 e. The first-order valence-electron chi connectivity index (χ1n) is 39.0. The molecule has 15 amide bonds. The van der Waals surface area contributed by atoms with Crippen LogP contribution in [0.15, 0.2) is 97.2 Å². The second kappa shape index (κ2) is 46.2. The smallest absolute Gasteiger partial charge is 0.303 e. The van der Waals surface area contributed by atoms with Gasteiger partial charge in [-0.25, -0.2) is 0 Å². The Labute approximate surface area is 705 Å². The number of hydrogen-bond acceptors (Lipinski definition) is 23. The number of unbranched alkanes of at least 4 members (excludes halogenated alkanes) is 1. The molecule has 12 atom stereocenters. The molecule has 40 heteroatoms. The summed E-state index contributed by atoms with van der Waals surface area (Å²) in [6, 6.07) is 10.2. The molecule has 0 saturated carbocycles. The first-order valence-corrected chi connectivity index (χ1v) is 39.9. The number of para-hydroxylation sites is 1. The van der Waals surface area contributed by atoms with Crippen LogP contribution < -0.4 is 103 Å². The highest BCUT2D eigenvalue weighted by molar-refractivity contribution is 7.82. The molecule has 656 valence electrons. The molecule has 0 aliphatic carbocycles. The third-order valence-electron chi connectivity index (χ3n) is 19.5. The number of carbonyl (C=O) groups is 16. The van der Waals surface area contributed by atoms with Gasteiger partial charge in [-0.3, -0.25) is 76.7 Å². The Morgan fingerprint density at radius 3 is 1.57 bits per heavy atom. The minimum atomic E-state index is -2.07. The quantitative estimate of drug-likeness (QED) is 0.0137. The maximum absolute atomic E-state index is 15.6. The number of aliphatic carboxylic acids is 1. The lowest BCUT2D eigenvalue weighted by molar-refractivity contribution is -0.140. The number of nitrogens with two attached hydrogens (primary N) is 6. The number of aliphatic hydroxyl groups is 1. The number of hydrogen-bond donors (Lipinski definition) is 23. The molecule has 4 aromatic carbocycles. The van der Waals surface area contributed by atoms with Crippen LogP contribution in [0.2, 0.25) is 0 Å². The van der Waals surface area contributed by atoms with Crippen molar-refractivity contribution in [3.05, 3.63) is 114 Å². The van der Waals surface area contributed by atoms with Crippen LogP contribution in [0.25, 0.3) is 21.7 Å². The van der Waals surface area contributed by atoms with E-state index in [1.165, 1.54) is 41.5 Å². The molecular weight excluding hydrogens is 1600 g/mol. The number of carboxylic acid groups (broad SMARTS) is 1. The van der Waals surface area contributed by atoms with Crippen LogP contribution in [0.3, 0.4) is 0 Å². The Bertz CT molecular complexity index is 4480. The van der Waals surface area contributed by atoms with Gasteiger partial charge in [-0.15, -0.1) is 0 Å². The predicted molar refractivity (Wildman–Crippen MR) is 451 cm³/mol. The number of thiol groups is 2. The standard InChI is InChI=1S/C80H115N19O19S2/c1-43(100)63(96-76(117)80(8,31-15-33-82)99-74(115)65(78(5,6)120)89-44(2)101)72(113)93-57(39-49-41-87-52-19-12-11-18-51(49)52)70(111)90-53(26-28-59(84)102)68(109)97-64(77(3,4)119)73(114)94-55(37-45-21-24-50(25-22-45)118-35-34-83)69(110)91-56(38-46-20-23-47-16-9-10-17-48(47)36-46)71(112)98-79(7,30-13-14-32-81)75(116)95-54(27-29-62(105)106)67(108)92-58(40-60(85)103)66(107)88-42-61(86)104/h9-12,16-25,36,41,43,53-58,63-65,87,100,119-120H,13-15,26-35,37-40,42,81-83H2,1-8H3,(H2,84,102)(H2,85,103)(H2,86,104)(H,88,107)(H,89,101)(H,90,111)(H,91,110)(H,92,108)(H,93,113)(H,94,114)(H,95,116)(H,96,117)(H,97,109)(H,98,112)(H,99,115)(H,105,106)/t43-,53+,54+,55+,56+,57+,58+,63+,64-,65-,79+,80+/m1/s1. The van der Waals surface area contributed by atoms with Crippen LogP contribution in [0, 0.1) is 0 Å². The number of carboxylic acids is 1. The van der Waals surface area contributed by atoms with Gasteiger partial charge in [-0.1, -0.05) is 72.8 Å². The number of carbonyl (C=O) groups excluding carboxylic acids is 15. The van der Waals surface area contributed by atoms with Gasteiger partial charge >= 0.3 is 5.97 Å². The molecule has 5 rings (SSSR count).